The highest BCUT2D eigenvalue weighted by atomic mass is 16.6. The molecule has 2 rings (SSSR count). The summed E-state index contributed by atoms with van der Waals surface area (Å²) in [6.07, 6.45) is 0.551. The quantitative estimate of drug-likeness (QED) is 0.620. The standard InChI is InChI=1S/C15H18O4/c1-14(2,3)19-13(17)15(18)9-8-10-6-4-5-7-11(10)12(15)16/h4-7,18H,8-9H2,1-3H3/t15-/m1/s1. The number of ether oxygens (including phenoxy) is 1. The summed E-state index contributed by atoms with van der Waals surface area (Å²) < 4.78 is 5.16. The van der Waals surface area contributed by atoms with Gasteiger partial charge in [0.1, 0.15) is 5.60 Å². The third kappa shape index (κ3) is 2.54. The number of carbonyl (C=O) groups is 2. The van der Waals surface area contributed by atoms with Crippen LogP contribution >= 0.6 is 0 Å². The van der Waals surface area contributed by atoms with Crippen molar-refractivity contribution in [2.75, 3.05) is 0 Å². The van der Waals surface area contributed by atoms with Crippen LogP contribution in [0, 0.1) is 0 Å². The van der Waals surface area contributed by atoms with Crippen LogP contribution in [-0.2, 0) is 16.0 Å². The minimum atomic E-state index is -2.05. The molecular weight excluding hydrogens is 244 g/mol. The monoisotopic (exact) mass is 262 g/mol. The molecule has 0 fully saturated rings. The fourth-order valence-corrected chi connectivity index (χ4v) is 2.17. The van der Waals surface area contributed by atoms with E-state index in [1.165, 1.54) is 0 Å². The molecule has 0 aliphatic heterocycles. The van der Waals surface area contributed by atoms with Gasteiger partial charge in [0, 0.05) is 5.56 Å². The Morgan fingerprint density at radius 1 is 1.32 bits per heavy atom. The Hall–Kier alpha value is -1.68. The molecule has 19 heavy (non-hydrogen) atoms. The second-order valence-electron chi connectivity index (χ2n) is 5.85. The van der Waals surface area contributed by atoms with Gasteiger partial charge in [-0.15, -0.1) is 0 Å². The molecule has 1 aromatic rings. The van der Waals surface area contributed by atoms with E-state index in [1.54, 1.807) is 32.9 Å². The molecule has 0 saturated carbocycles. The summed E-state index contributed by atoms with van der Waals surface area (Å²) in [6.45, 7) is 5.11. The van der Waals surface area contributed by atoms with E-state index in [2.05, 4.69) is 0 Å². The molecule has 1 atom stereocenters. The van der Waals surface area contributed by atoms with Gasteiger partial charge in [0.05, 0.1) is 0 Å². The number of hydrogen-bond acceptors (Lipinski definition) is 4. The molecular formula is C15H18O4. The van der Waals surface area contributed by atoms with Gasteiger partial charge in [0.25, 0.3) is 0 Å². The molecule has 4 nitrogen and oxygen atoms in total. The fraction of sp³-hybridized carbons (Fsp3) is 0.467. The van der Waals surface area contributed by atoms with Gasteiger partial charge in [-0.1, -0.05) is 24.3 Å². The number of Topliss-reactive ketones (excluding diaryl/α,β-unsaturated/α-hetero) is 1. The largest absolute Gasteiger partial charge is 0.457 e. The number of aliphatic hydroxyl groups is 1. The van der Waals surface area contributed by atoms with Gasteiger partial charge in [-0.2, -0.15) is 0 Å². The van der Waals surface area contributed by atoms with Crippen molar-refractivity contribution in [2.45, 2.75) is 44.8 Å². The van der Waals surface area contributed by atoms with E-state index >= 15 is 0 Å². The van der Waals surface area contributed by atoms with Crippen molar-refractivity contribution in [1.29, 1.82) is 0 Å². The highest BCUT2D eigenvalue weighted by Gasteiger charge is 2.49. The SMILES string of the molecule is CC(C)(C)OC(=O)[C@@]1(O)CCc2ccccc2C1=O. The minimum absolute atomic E-state index is 0.0672. The zero-order chi connectivity index (χ0) is 14.3. The highest BCUT2D eigenvalue weighted by Crippen LogP contribution is 2.30. The van der Waals surface area contributed by atoms with Crippen molar-refractivity contribution in [2.24, 2.45) is 0 Å². The maximum atomic E-state index is 12.3. The number of aryl methyl sites for hydroxylation is 1. The van der Waals surface area contributed by atoms with Gasteiger partial charge < -0.3 is 9.84 Å². The summed E-state index contributed by atoms with van der Waals surface area (Å²) >= 11 is 0. The number of esters is 1. The van der Waals surface area contributed by atoms with Gasteiger partial charge >= 0.3 is 5.97 Å². The van der Waals surface area contributed by atoms with E-state index in [-0.39, 0.29) is 6.42 Å². The average molecular weight is 262 g/mol. The van der Waals surface area contributed by atoms with Crippen LogP contribution in [0.3, 0.4) is 0 Å². The van der Waals surface area contributed by atoms with Crippen LogP contribution < -0.4 is 0 Å². The summed E-state index contributed by atoms with van der Waals surface area (Å²) in [6, 6.07) is 7.02. The molecule has 0 spiro atoms. The molecule has 0 bridgehead atoms. The van der Waals surface area contributed by atoms with E-state index in [0.717, 1.165) is 5.56 Å². The van der Waals surface area contributed by atoms with Crippen molar-refractivity contribution in [1.82, 2.24) is 0 Å². The van der Waals surface area contributed by atoms with Gasteiger partial charge in [-0.05, 0) is 39.2 Å². The number of rotatable bonds is 1. The van der Waals surface area contributed by atoms with Crippen molar-refractivity contribution < 1.29 is 19.4 Å². The number of carbonyl (C=O) groups excluding carboxylic acids is 2. The van der Waals surface area contributed by atoms with E-state index in [0.29, 0.717) is 12.0 Å². The second-order valence-corrected chi connectivity index (χ2v) is 5.85. The van der Waals surface area contributed by atoms with Crippen LogP contribution in [0.25, 0.3) is 0 Å². The number of hydrogen-bond donors (Lipinski definition) is 1. The van der Waals surface area contributed by atoms with Crippen LogP contribution in [0.2, 0.25) is 0 Å². The molecule has 0 heterocycles. The Kier molecular flexibility index (Phi) is 3.22. The number of fused-ring (bicyclic) bond motifs is 1. The summed E-state index contributed by atoms with van der Waals surface area (Å²) in [4.78, 5) is 24.4. The molecule has 0 saturated heterocycles. The van der Waals surface area contributed by atoms with E-state index in [1.807, 2.05) is 12.1 Å². The van der Waals surface area contributed by atoms with Gasteiger partial charge in [-0.25, -0.2) is 4.79 Å². The van der Waals surface area contributed by atoms with E-state index in [9.17, 15) is 14.7 Å². The Bertz CT molecular complexity index is 527. The molecule has 0 radical (unpaired) electrons. The lowest BCUT2D eigenvalue weighted by Gasteiger charge is -2.32. The zero-order valence-corrected chi connectivity index (χ0v) is 11.4. The second kappa shape index (κ2) is 4.46. The molecule has 1 aliphatic rings. The maximum absolute atomic E-state index is 12.3. The van der Waals surface area contributed by atoms with Crippen LogP contribution in [0.5, 0.6) is 0 Å². The lowest BCUT2D eigenvalue weighted by molar-refractivity contribution is -0.172. The van der Waals surface area contributed by atoms with Crippen molar-refractivity contribution in [3.63, 3.8) is 0 Å². The number of benzene rings is 1. The first-order valence-electron chi connectivity index (χ1n) is 6.32. The minimum Gasteiger partial charge on any atom is -0.457 e. The lowest BCUT2D eigenvalue weighted by Crippen LogP contribution is -2.52. The third-order valence-corrected chi connectivity index (χ3v) is 3.13. The van der Waals surface area contributed by atoms with E-state index in [4.69, 9.17) is 4.74 Å². The molecule has 4 heteroatoms. The third-order valence-electron chi connectivity index (χ3n) is 3.13. The summed E-state index contributed by atoms with van der Waals surface area (Å²) in [5.41, 5.74) is -1.52. The average Bonchev–Trinajstić information content (AvgIpc) is 2.32. The summed E-state index contributed by atoms with van der Waals surface area (Å²) in [7, 11) is 0. The molecule has 1 aliphatic carbocycles. The van der Waals surface area contributed by atoms with Crippen molar-refractivity contribution in [3.8, 4) is 0 Å². The van der Waals surface area contributed by atoms with Crippen LogP contribution in [-0.4, -0.2) is 28.1 Å². The van der Waals surface area contributed by atoms with Crippen molar-refractivity contribution >= 4 is 11.8 Å². The van der Waals surface area contributed by atoms with Gasteiger partial charge in [0.2, 0.25) is 11.4 Å². The van der Waals surface area contributed by atoms with E-state index < -0.39 is 23.0 Å². The Labute approximate surface area is 112 Å². The number of ketones is 1. The molecule has 0 unspecified atom stereocenters. The molecule has 1 N–H and O–H groups in total. The van der Waals surface area contributed by atoms with Gasteiger partial charge in [-0.3, -0.25) is 4.79 Å². The first-order chi connectivity index (χ1) is 8.74. The normalized spacial score (nSPS) is 22.8. The predicted octanol–water partition coefficient (Wildman–Crippen LogP) is 1.89. The smallest absolute Gasteiger partial charge is 0.346 e. The predicted molar refractivity (Wildman–Crippen MR) is 69.9 cm³/mol. The fourth-order valence-electron chi connectivity index (χ4n) is 2.17. The topological polar surface area (TPSA) is 63.6 Å². The summed E-state index contributed by atoms with van der Waals surface area (Å²) in [5, 5.41) is 10.4. The van der Waals surface area contributed by atoms with Crippen molar-refractivity contribution in [3.05, 3.63) is 35.4 Å². The first-order valence-corrected chi connectivity index (χ1v) is 6.32. The highest BCUT2D eigenvalue weighted by molar-refractivity contribution is 6.16. The Morgan fingerprint density at radius 3 is 2.58 bits per heavy atom. The molecule has 102 valence electrons. The van der Waals surface area contributed by atoms with Crippen LogP contribution in [0.1, 0.15) is 43.1 Å². The molecule has 0 amide bonds. The Balaban J connectivity index is 2.32. The lowest BCUT2D eigenvalue weighted by atomic mass is 9.79. The molecule has 1 aromatic carbocycles. The first kappa shape index (κ1) is 13.7. The molecule has 0 aromatic heterocycles. The van der Waals surface area contributed by atoms with Crippen LogP contribution in [0.15, 0.2) is 24.3 Å². The van der Waals surface area contributed by atoms with Gasteiger partial charge in [0.15, 0.2) is 0 Å². The summed E-state index contributed by atoms with van der Waals surface area (Å²) in [5.74, 6) is -1.43. The maximum Gasteiger partial charge on any atom is 0.346 e. The zero-order valence-electron chi connectivity index (χ0n) is 11.4. The van der Waals surface area contributed by atoms with Crippen LogP contribution in [0.4, 0.5) is 0 Å². The Morgan fingerprint density at radius 2 is 1.95 bits per heavy atom.